The maximum absolute atomic E-state index is 15.1. The lowest BCUT2D eigenvalue weighted by Gasteiger charge is -2.49. The number of aromatic nitrogens is 2. The van der Waals surface area contributed by atoms with Crippen LogP contribution in [0.2, 0.25) is 5.02 Å². The molecule has 6 unspecified atom stereocenters. The lowest BCUT2D eigenvalue weighted by Crippen LogP contribution is -2.49. The molecule has 5 aromatic rings. The Morgan fingerprint density at radius 3 is 2.53 bits per heavy atom. The quantitative estimate of drug-likeness (QED) is 0.0835. The maximum Gasteiger partial charge on any atom is 0.271 e. The molecule has 4 heterocycles. The van der Waals surface area contributed by atoms with Crippen molar-refractivity contribution in [3.05, 3.63) is 110 Å². The Morgan fingerprint density at radius 1 is 1.00 bits per heavy atom. The second kappa shape index (κ2) is 12.1. The van der Waals surface area contributed by atoms with Gasteiger partial charge in [0.2, 0.25) is 23.6 Å². The Labute approximate surface area is 321 Å². The molecule has 1 N–H and O–H groups in total. The summed E-state index contributed by atoms with van der Waals surface area (Å²) in [6.07, 6.45) is 1.89. The highest BCUT2D eigenvalue weighted by atomic mass is 35.5. The first-order valence-electron chi connectivity index (χ1n) is 17.6. The van der Waals surface area contributed by atoms with Crippen molar-refractivity contribution < 1.29 is 33.6 Å². The summed E-state index contributed by atoms with van der Waals surface area (Å²) >= 11 is 7.79. The monoisotopic (exact) mass is 779 g/mol. The summed E-state index contributed by atoms with van der Waals surface area (Å²) in [6, 6.07) is 16.6. The number of amides is 4. The van der Waals surface area contributed by atoms with E-state index in [-0.39, 0.29) is 35.6 Å². The summed E-state index contributed by atoms with van der Waals surface area (Å²) < 4.78 is 17.6. The Hall–Kier alpha value is -5.73. The lowest BCUT2D eigenvalue weighted by atomic mass is 9.51. The first-order chi connectivity index (χ1) is 26.2. The van der Waals surface area contributed by atoms with Crippen molar-refractivity contribution >= 4 is 73.8 Å². The summed E-state index contributed by atoms with van der Waals surface area (Å²) in [7, 11) is 1.64. The number of hydrogen-bond donors (Lipinski definition) is 1. The number of anilines is 2. The van der Waals surface area contributed by atoms with E-state index < -0.39 is 75.1 Å². The van der Waals surface area contributed by atoms with Crippen LogP contribution in [0.5, 0.6) is 5.75 Å². The Kier molecular flexibility index (Phi) is 7.72. The van der Waals surface area contributed by atoms with E-state index in [9.17, 15) is 29.6 Å². The van der Waals surface area contributed by atoms with Crippen LogP contribution < -0.4 is 9.80 Å². The molecule has 4 amide bonds. The van der Waals surface area contributed by atoms with Crippen LogP contribution in [-0.2, 0) is 26.2 Å². The Morgan fingerprint density at radius 2 is 1.76 bits per heavy atom. The standard InChI is InChI=1S/C40H31ClFN5O7S/c1-18-25-14-19(41)10-13-30(25)55-35(18)29-17-31(44(3)43-29)46-37(50)27-16-26-22(33(40(27,2)39(46)52)24-8-5-9-28(42)34(24)48)11-12-23-32(26)38(51)45(36(23)49)20-6-4-7-21(15-20)47(53)54/h4-11,13-15,17,23,26-27,32-33,48H,12,16H2,1-3H3. The molecule has 2 aromatic heterocycles. The van der Waals surface area contributed by atoms with Gasteiger partial charge in [-0.05, 0) is 73.9 Å². The molecule has 2 saturated heterocycles. The number of thiophene rings is 1. The van der Waals surface area contributed by atoms with Crippen LogP contribution >= 0.6 is 22.9 Å². The van der Waals surface area contributed by atoms with E-state index in [4.69, 9.17) is 16.7 Å². The van der Waals surface area contributed by atoms with Crippen LogP contribution in [0, 0.1) is 51.9 Å². The van der Waals surface area contributed by atoms with Crippen molar-refractivity contribution in [2.24, 2.45) is 36.1 Å². The summed E-state index contributed by atoms with van der Waals surface area (Å²) in [5, 5.41) is 29.0. The molecule has 6 atom stereocenters. The molecule has 278 valence electrons. The van der Waals surface area contributed by atoms with Crippen molar-refractivity contribution in [2.45, 2.75) is 32.6 Å². The summed E-state index contributed by atoms with van der Waals surface area (Å²) in [5.74, 6) is -8.26. The fourth-order valence-corrected chi connectivity index (χ4v) is 10.9. The number of benzene rings is 3. The predicted molar refractivity (Wildman–Crippen MR) is 202 cm³/mol. The largest absolute Gasteiger partial charge is 0.505 e. The average Bonchev–Trinajstić information content (AvgIpc) is 3.83. The van der Waals surface area contributed by atoms with E-state index in [2.05, 4.69) is 0 Å². The molecule has 2 aliphatic carbocycles. The number of hydrogen-bond acceptors (Lipinski definition) is 9. The third-order valence-electron chi connectivity index (χ3n) is 12.1. The van der Waals surface area contributed by atoms with E-state index in [1.165, 1.54) is 52.4 Å². The fourth-order valence-electron chi connectivity index (χ4n) is 9.56. The van der Waals surface area contributed by atoms with Gasteiger partial charge in [0.1, 0.15) is 11.5 Å². The molecule has 12 nitrogen and oxygen atoms in total. The third-order valence-corrected chi connectivity index (χ3v) is 13.6. The van der Waals surface area contributed by atoms with Gasteiger partial charge in [0.15, 0.2) is 11.6 Å². The van der Waals surface area contributed by atoms with Gasteiger partial charge in [-0.3, -0.25) is 34.0 Å². The topological polar surface area (TPSA) is 156 Å². The molecule has 0 spiro atoms. The molecule has 0 radical (unpaired) electrons. The zero-order chi connectivity index (χ0) is 38.8. The minimum atomic E-state index is -1.54. The second-order valence-corrected chi connectivity index (χ2v) is 16.3. The number of fused-ring (bicyclic) bond motifs is 5. The molecule has 9 rings (SSSR count). The Bertz CT molecular complexity index is 2620. The molecule has 3 aromatic carbocycles. The molecule has 1 saturated carbocycles. The van der Waals surface area contributed by atoms with Gasteiger partial charge in [-0.1, -0.05) is 41.4 Å². The van der Waals surface area contributed by atoms with Crippen LogP contribution in [0.3, 0.4) is 0 Å². The number of imide groups is 2. The normalized spacial score (nSPS) is 26.1. The van der Waals surface area contributed by atoms with Crippen molar-refractivity contribution in [2.75, 3.05) is 9.80 Å². The fraction of sp³-hybridized carbons (Fsp3) is 0.275. The molecular formula is C40H31ClFN5O7S. The number of allylic oxidation sites excluding steroid dienone is 2. The van der Waals surface area contributed by atoms with Crippen molar-refractivity contribution in [1.82, 2.24) is 9.78 Å². The Balaban J connectivity index is 1.15. The number of para-hydroxylation sites is 1. The number of carbonyl (C=O) groups excluding carboxylic acids is 4. The number of rotatable bonds is 5. The molecule has 15 heteroatoms. The average molecular weight is 780 g/mol. The number of phenolic OH excluding ortho intramolecular Hbond substituents is 1. The highest BCUT2D eigenvalue weighted by Crippen LogP contribution is 2.64. The number of non-ortho nitro benzene ring substituents is 1. The third kappa shape index (κ3) is 4.83. The molecular weight excluding hydrogens is 749 g/mol. The van der Waals surface area contributed by atoms with Gasteiger partial charge >= 0.3 is 0 Å². The van der Waals surface area contributed by atoms with E-state index in [1.807, 2.05) is 19.1 Å². The SMILES string of the molecule is Cc1c(-c2cc(N3C(=O)C4CC5C(=CCC6C(=O)N(c7cccc([N+](=O)[O-])c7)C(=O)C65)C(c5cccc(F)c5O)C4(C)C3=O)n(C)n2)sc2ccc(Cl)cc12. The van der Waals surface area contributed by atoms with Gasteiger partial charge in [-0.15, -0.1) is 11.3 Å². The van der Waals surface area contributed by atoms with Gasteiger partial charge in [-0.2, -0.15) is 5.10 Å². The van der Waals surface area contributed by atoms with Crippen molar-refractivity contribution in [1.29, 1.82) is 0 Å². The first-order valence-corrected chi connectivity index (χ1v) is 18.8. The molecule has 0 bridgehead atoms. The second-order valence-electron chi connectivity index (χ2n) is 14.8. The molecule has 3 fully saturated rings. The van der Waals surface area contributed by atoms with E-state index >= 15 is 9.18 Å². The number of halogens is 2. The van der Waals surface area contributed by atoms with E-state index in [0.717, 1.165) is 36.4 Å². The van der Waals surface area contributed by atoms with Crippen molar-refractivity contribution in [3.8, 4) is 16.3 Å². The van der Waals surface area contributed by atoms with Crippen LogP contribution in [0.15, 0.2) is 78.4 Å². The van der Waals surface area contributed by atoms with Crippen LogP contribution in [0.1, 0.15) is 36.8 Å². The number of phenols is 1. The summed E-state index contributed by atoms with van der Waals surface area (Å²) in [5.41, 5.74) is 0.345. The highest BCUT2D eigenvalue weighted by molar-refractivity contribution is 7.22. The first kappa shape index (κ1) is 35.0. The molecule has 55 heavy (non-hydrogen) atoms. The number of nitrogens with zero attached hydrogens (tertiary/aromatic N) is 5. The molecule has 2 aliphatic heterocycles. The molecule has 4 aliphatic rings. The number of aromatic hydroxyl groups is 1. The van der Waals surface area contributed by atoms with Crippen molar-refractivity contribution in [3.63, 3.8) is 0 Å². The number of nitro benzene ring substituents is 1. The number of nitro groups is 1. The van der Waals surface area contributed by atoms with Crippen LogP contribution in [0.4, 0.5) is 21.6 Å². The number of aryl methyl sites for hydroxylation is 2. The van der Waals surface area contributed by atoms with Gasteiger partial charge in [0, 0.05) is 46.5 Å². The van der Waals surface area contributed by atoms with E-state index in [0.29, 0.717) is 16.3 Å². The van der Waals surface area contributed by atoms with Crippen LogP contribution in [0.25, 0.3) is 20.7 Å². The summed E-state index contributed by atoms with van der Waals surface area (Å²) in [4.78, 5) is 72.0. The zero-order valence-electron chi connectivity index (χ0n) is 29.5. The van der Waals surface area contributed by atoms with Gasteiger partial charge in [0.05, 0.1) is 38.7 Å². The zero-order valence-corrected chi connectivity index (χ0v) is 31.1. The van der Waals surface area contributed by atoms with Gasteiger partial charge in [-0.25, -0.2) is 14.2 Å². The minimum absolute atomic E-state index is 0.0137. The van der Waals surface area contributed by atoms with Gasteiger partial charge < -0.3 is 5.11 Å². The maximum atomic E-state index is 15.1. The van der Waals surface area contributed by atoms with E-state index in [1.54, 1.807) is 32.2 Å². The van der Waals surface area contributed by atoms with Gasteiger partial charge in [0.25, 0.3) is 5.69 Å². The highest BCUT2D eigenvalue weighted by Gasteiger charge is 2.68. The smallest absolute Gasteiger partial charge is 0.271 e. The van der Waals surface area contributed by atoms with Crippen LogP contribution in [-0.4, -0.2) is 43.4 Å². The predicted octanol–water partition coefficient (Wildman–Crippen LogP) is 7.45. The lowest BCUT2D eigenvalue weighted by molar-refractivity contribution is -0.384. The summed E-state index contributed by atoms with van der Waals surface area (Å²) in [6.45, 7) is 3.60. The minimum Gasteiger partial charge on any atom is -0.505 e. The number of carbonyl (C=O) groups is 4.